The average molecular weight is 315 g/mol. The van der Waals surface area contributed by atoms with Crippen LogP contribution in [0.3, 0.4) is 0 Å². The summed E-state index contributed by atoms with van der Waals surface area (Å²) in [4.78, 5) is 30.7. The number of rotatable bonds is 5. The molecular weight excluding hydrogens is 290 g/mol. The lowest BCUT2D eigenvalue weighted by Crippen LogP contribution is -2.40. The molecule has 5 nitrogen and oxygen atoms in total. The maximum Gasteiger partial charge on any atom is 0.207 e. The van der Waals surface area contributed by atoms with Gasteiger partial charge in [0.1, 0.15) is 5.69 Å². The van der Waals surface area contributed by atoms with Gasteiger partial charge in [0.15, 0.2) is 5.78 Å². The number of hydrogen-bond donors (Lipinski definition) is 1. The summed E-state index contributed by atoms with van der Waals surface area (Å²) in [5.74, 6) is 0.228. The fourth-order valence-electron chi connectivity index (χ4n) is 3.88. The van der Waals surface area contributed by atoms with Crippen LogP contribution in [-0.4, -0.2) is 42.2 Å². The summed E-state index contributed by atoms with van der Waals surface area (Å²) in [5, 5.41) is 2.96. The minimum Gasteiger partial charge on any atom is -0.348 e. The van der Waals surface area contributed by atoms with E-state index in [-0.39, 0.29) is 17.2 Å². The summed E-state index contributed by atoms with van der Waals surface area (Å²) in [5.41, 5.74) is 1.00. The van der Waals surface area contributed by atoms with Crippen molar-refractivity contribution < 1.29 is 9.59 Å². The van der Waals surface area contributed by atoms with Crippen LogP contribution in [0.25, 0.3) is 0 Å². The minimum absolute atomic E-state index is 0.0764. The molecule has 2 heterocycles. The number of Topliss-reactive ketones (excluding diaryl/α,β-unsaturated/α-hetero) is 1. The van der Waals surface area contributed by atoms with Gasteiger partial charge in [0, 0.05) is 5.92 Å². The summed E-state index contributed by atoms with van der Waals surface area (Å²) >= 11 is 0. The van der Waals surface area contributed by atoms with Crippen molar-refractivity contribution in [2.24, 2.45) is 5.92 Å². The van der Waals surface area contributed by atoms with Crippen LogP contribution in [0.5, 0.6) is 0 Å². The van der Waals surface area contributed by atoms with E-state index >= 15 is 0 Å². The Kier molecular flexibility index (Phi) is 4.76. The second-order valence-electron chi connectivity index (χ2n) is 6.90. The predicted octanol–water partition coefficient (Wildman–Crippen LogP) is 2.12. The van der Waals surface area contributed by atoms with Crippen molar-refractivity contribution in [3.63, 3.8) is 0 Å². The van der Waals surface area contributed by atoms with Gasteiger partial charge in [-0.2, -0.15) is 0 Å². The van der Waals surface area contributed by atoms with E-state index in [1.165, 1.54) is 0 Å². The monoisotopic (exact) mass is 315 g/mol. The number of aromatic nitrogens is 1. The Morgan fingerprint density at radius 2 is 2.00 bits per heavy atom. The van der Waals surface area contributed by atoms with Gasteiger partial charge < -0.3 is 10.2 Å². The van der Waals surface area contributed by atoms with Gasteiger partial charge in [-0.05, 0) is 58.0 Å². The molecule has 124 valence electrons. The molecule has 0 atom stereocenters. The van der Waals surface area contributed by atoms with E-state index in [0.717, 1.165) is 63.7 Å². The topological polar surface area (TPSA) is 62.3 Å². The van der Waals surface area contributed by atoms with Crippen molar-refractivity contribution in [1.82, 2.24) is 15.2 Å². The molecule has 0 bridgehead atoms. The molecule has 1 saturated carbocycles. The summed E-state index contributed by atoms with van der Waals surface area (Å²) in [6, 6.07) is 5.65. The molecule has 1 saturated heterocycles. The number of carbonyl (C=O) groups excluding carboxylic acids is 2. The Labute approximate surface area is 137 Å². The zero-order valence-corrected chi connectivity index (χ0v) is 13.8. The van der Waals surface area contributed by atoms with E-state index in [0.29, 0.717) is 5.69 Å². The highest BCUT2D eigenvalue weighted by Gasteiger charge is 2.37. The van der Waals surface area contributed by atoms with Gasteiger partial charge in [-0.1, -0.05) is 18.9 Å². The third-order valence-corrected chi connectivity index (χ3v) is 5.37. The fraction of sp³-hybridized carbons (Fsp3) is 0.611. The molecule has 5 heteroatoms. The van der Waals surface area contributed by atoms with Crippen molar-refractivity contribution in [3.05, 3.63) is 29.6 Å². The Morgan fingerprint density at radius 3 is 2.65 bits per heavy atom. The van der Waals surface area contributed by atoms with Crippen LogP contribution in [-0.2, 0) is 10.3 Å². The van der Waals surface area contributed by atoms with Crippen molar-refractivity contribution in [3.8, 4) is 0 Å². The molecule has 1 aromatic rings. The first kappa shape index (κ1) is 16.1. The third-order valence-electron chi connectivity index (χ3n) is 5.37. The summed E-state index contributed by atoms with van der Waals surface area (Å²) in [7, 11) is 2.09. The lowest BCUT2D eigenvalue weighted by atomic mass is 9.89. The Morgan fingerprint density at radius 1 is 1.30 bits per heavy atom. The van der Waals surface area contributed by atoms with Crippen LogP contribution >= 0.6 is 0 Å². The quantitative estimate of drug-likeness (QED) is 0.668. The molecule has 0 spiro atoms. The Balaban J connectivity index is 1.82. The number of ketones is 1. The van der Waals surface area contributed by atoms with Gasteiger partial charge in [0.25, 0.3) is 0 Å². The molecule has 23 heavy (non-hydrogen) atoms. The first-order valence-corrected chi connectivity index (χ1v) is 8.56. The minimum atomic E-state index is -0.384. The molecular formula is C18H25N3O2. The van der Waals surface area contributed by atoms with Crippen LogP contribution in [0.1, 0.15) is 54.7 Å². The SMILES string of the molecule is CN1CCC(C(=O)c2cccc(C3(NC=O)CCCC3)n2)CC1. The van der Waals surface area contributed by atoms with E-state index in [1.54, 1.807) is 0 Å². The summed E-state index contributed by atoms with van der Waals surface area (Å²) in [6.45, 7) is 1.93. The van der Waals surface area contributed by atoms with Crippen molar-refractivity contribution >= 4 is 12.2 Å². The number of nitrogens with zero attached hydrogens (tertiary/aromatic N) is 2. The standard InChI is InChI=1S/C18H25N3O2/c1-21-11-7-14(8-12-21)17(23)15-5-4-6-16(20-15)18(19-13-22)9-2-3-10-18/h4-6,13-14H,2-3,7-12H2,1H3,(H,19,22). The van der Waals surface area contributed by atoms with E-state index in [4.69, 9.17) is 0 Å². The maximum atomic E-state index is 12.8. The van der Waals surface area contributed by atoms with Crippen molar-refractivity contribution in [1.29, 1.82) is 0 Å². The Hall–Kier alpha value is -1.75. The third kappa shape index (κ3) is 3.29. The summed E-state index contributed by atoms with van der Waals surface area (Å²) in [6.07, 6.45) is 6.51. The normalized spacial score (nSPS) is 22.0. The lowest BCUT2D eigenvalue weighted by Gasteiger charge is -2.29. The van der Waals surface area contributed by atoms with Crippen molar-refractivity contribution in [2.75, 3.05) is 20.1 Å². The molecule has 1 N–H and O–H groups in total. The molecule has 0 unspecified atom stereocenters. The smallest absolute Gasteiger partial charge is 0.207 e. The molecule has 1 amide bonds. The van der Waals surface area contributed by atoms with E-state index in [9.17, 15) is 9.59 Å². The average Bonchev–Trinajstić information content (AvgIpc) is 3.05. The molecule has 2 fully saturated rings. The van der Waals surface area contributed by atoms with Crippen molar-refractivity contribution in [2.45, 2.75) is 44.1 Å². The summed E-state index contributed by atoms with van der Waals surface area (Å²) < 4.78 is 0. The predicted molar refractivity (Wildman–Crippen MR) is 88.1 cm³/mol. The molecule has 1 aromatic heterocycles. The highest BCUT2D eigenvalue weighted by molar-refractivity contribution is 5.96. The number of nitrogens with one attached hydrogen (secondary N) is 1. The van der Waals surface area contributed by atoms with Gasteiger partial charge in [-0.25, -0.2) is 4.98 Å². The Bertz CT molecular complexity index is 573. The fourth-order valence-corrected chi connectivity index (χ4v) is 3.88. The molecule has 1 aliphatic heterocycles. The molecule has 0 radical (unpaired) electrons. The second kappa shape index (κ2) is 6.79. The van der Waals surface area contributed by atoms with E-state index < -0.39 is 0 Å². The molecule has 2 aliphatic rings. The van der Waals surface area contributed by atoms with Gasteiger partial charge >= 0.3 is 0 Å². The highest BCUT2D eigenvalue weighted by Crippen LogP contribution is 2.37. The van der Waals surface area contributed by atoms with Crippen LogP contribution in [0.15, 0.2) is 18.2 Å². The van der Waals surface area contributed by atoms with Gasteiger partial charge in [-0.3, -0.25) is 9.59 Å². The van der Waals surface area contributed by atoms with Gasteiger partial charge in [0.2, 0.25) is 6.41 Å². The van der Waals surface area contributed by atoms with Gasteiger partial charge in [-0.15, -0.1) is 0 Å². The highest BCUT2D eigenvalue weighted by atomic mass is 16.1. The molecule has 0 aromatic carbocycles. The zero-order chi connectivity index (χ0) is 16.3. The van der Waals surface area contributed by atoms with E-state index in [2.05, 4.69) is 22.2 Å². The van der Waals surface area contributed by atoms with Gasteiger partial charge in [0.05, 0.1) is 11.2 Å². The molecule has 3 rings (SSSR count). The lowest BCUT2D eigenvalue weighted by molar-refractivity contribution is -0.111. The van der Waals surface area contributed by atoms with Crippen LogP contribution < -0.4 is 5.32 Å². The number of likely N-dealkylation sites (tertiary alicyclic amines) is 1. The largest absolute Gasteiger partial charge is 0.348 e. The molecule has 1 aliphatic carbocycles. The number of pyridine rings is 1. The number of amides is 1. The first-order valence-electron chi connectivity index (χ1n) is 8.56. The number of piperidine rings is 1. The van der Waals surface area contributed by atoms with E-state index in [1.807, 2.05) is 18.2 Å². The second-order valence-corrected chi connectivity index (χ2v) is 6.90. The van der Waals surface area contributed by atoms with Crippen LogP contribution in [0, 0.1) is 5.92 Å². The number of hydrogen-bond acceptors (Lipinski definition) is 4. The zero-order valence-electron chi connectivity index (χ0n) is 13.8. The van der Waals surface area contributed by atoms with Crippen LogP contribution in [0.2, 0.25) is 0 Å². The number of carbonyl (C=O) groups is 2. The van der Waals surface area contributed by atoms with Crippen LogP contribution in [0.4, 0.5) is 0 Å². The first-order chi connectivity index (χ1) is 11.1. The maximum absolute atomic E-state index is 12.8.